The molecule has 0 spiro atoms. The summed E-state index contributed by atoms with van der Waals surface area (Å²) in [7, 11) is 0. The van der Waals surface area contributed by atoms with Crippen LogP contribution in [0.2, 0.25) is 0 Å². The minimum atomic E-state index is 0.219. The molecule has 0 fully saturated rings. The van der Waals surface area contributed by atoms with Gasteiger partial charge in [0.25, 0.3) is 0 Å². The van der Waals surface area contributed by atoms with Crippen LogP contribution in [-0.2, 0) is 0 Å². The lowest BCUT2D eigenvalue weighted by atomic mass is 10.0. The van der Waals surface area contributed by atoms with Crippen LogP contribution in [0.5, 0.6) is 5.75 Å². The van der Waals surface area contributed by atoms with Crippen molar-refractivity contribution in [1.29, 1.82) is 0 Å². The molecule has 0 unspecified atom stereocenters. The van der Waals surface area contributed by atoms with Gasteiger partial charge in [-0.25, -0.2) is 0 Å². The molecule has 0 aliphatic heterocycles. The molecule has 0 saturated carbocycles. The number of fused-ring (bicyclic) bond motifs is 2. The van der Waals surface area contributed by atoms with Gasteiger partial charge in [-0.15, -0.1) is 0 Å². The maximum atomic E-state index is 10.2. The van der Waals surface area contributed by atoms with Gasteiger partial charge in [-0.05, 0) is 28.3 Å². The molecule has 0 aliphatic carbocycles. The van der Waals surface area contributed by atoms with Gasteiger partial charge in [0.15, 0.2) is 0 Å². The van der Waals surface area contributed by atoms with Crippen LogP contribution in [-0.4, -0.2) is 5.11 Å². The quantitative estimate of drug-likeness (QED) is 0.447. The van der Waals surface area contributed by atoms with Crippen molar-refractivity contribution in [1.82, 2.24) is 0 Å². The van der Waals surface area contributed by atoms with Crippen molar-refractivity contribution >= 4 is 21.5 Å². The van der Waals surface area contributed by atoms with E-state index in [9.17, 15) is 5.11 Å². The summed E-state index contributed by atoms with van der Waals surface area (Å²) in [5.41, 5.74) is 1.64. The number of benzene rings is 4. The van der Waals surface area contributed by atoms with Gasteiger partial charge < -0.3 is 5.11 Å². The van der Waals surface area contributed by atoms with Crippen LogP contribution in [0.15, 0.2) is 78.9 Å². The predicted molar refractivity (Wildman–Crippen MR) is 95.5 cm³/mol. The standard InChI is InChI=1S/C22H14O/c23-22-15-13-18-7-2-4-11-20(18)21(22)14-12-17-9-5-8-16-6-1-3-10-19(16)17/h1-11,13,15,23H. The minimum Gasteiger partial charge on any atom is -0.507 e. The number of hydrogen-bond donors (Lipinski definition) is 1. The summed E-state index contributed by atoms with van der Waals surface area (Å²) in [6, 6.07) is 25.9. The van der Waals surface area contributed by atoms with E-state index in [1.165, 1.54) is 5.39 Å². The highest BCUT2D eigenvalue weighted by Crippen LogP contribution is 2.26. The molecular weight excluding hydrogens is 280 g/mol. The van der Waals surface area contributed by atoms with E-state index < -0.39 is 0 Å². The first kappa shape index (κ1) is 13.4. The Hall–Kier alpha value is -3.24. The first-order valence-electron chi connectivity index (χ1n) is 7.53. The third-order valence-electron chi connectivity index (χ3n) is 4.02. The van der Waals surface area contributed by atoms with Gasteiger partial charge in [0.1, 0.15) is 5.75 Å². The molecule has 0 bridgehead atoms. The third kappa shape index (κ3) is 2.41. The average Bonchev–Trinajstić information content (AvgIpc) is 2.61. The zero-order valence-electron chi connectivity index (χ0n) is 12.5. The van der Waals surface area contributed by atoms with Gasteiger partial charge in [-0.1, -0.05) is 78.6 Å². The third-order valence-corrected chi connectivity index (χ3v) is 4.02. The molecule has 108 valence electrons. The fourth-order valence-electron chi connectivity index (χ4n) is 2.86. The summed E-state index contributed by atoms with van der Waals surface area (Å²) in [5.74, 6) is 6.61. The van der Waals surface area contributed by atoms with Gasteiger partial charge in [0.05, 0.1) is 5.56 Å². The molecule has 0 aliphatic rings. The molecule has 4 rings (SSSR count). The lowest BCUT2D eigenvalue weighted by Gasteiger charge is -2.03. The van der Waals surface area contributed by atoms with E-state index in [0.717, 1.165) is 21.7 Å². The van der Waals surface area contributed by atoms with E-state index in [-0.39, 0.29) is 5.75 Å². The van der Waals surface area contributed by atoms with Crippen molar-refractivity contribution in [2.45, 2.75) is 0 Å². The lowest BCUT2D eigenvalue weighted by molar-refractivity contribution is 0.474. The topological polar surface area (TPSA) is 20.2 Å². The van der Waals surface area contributed by atoms with E-state index in [0.29, 0.717) is 5.56 Å². The zero-order valence-corrected chi connectivity index (χ0v) is 12.5. The van der Waals surface area contributed by atoms with Gasteiger partial charge in [-0.2, -0.15) is 0 Å². The predicted octanol–water partition coefficient (Wildman–Crippen LogP) is 5.10. The molecule has 4 aromatic rings. The van der Waals surface area contributed by atoms with Crippen LogP contribution in [0.1, 0.15) is 11.1 Å². The smallest absolute Gasteiger partial charge is 0.131 e. The van der Waals surface area contributed by atoms with Crippen molar-refractivity contribution in [3.63, 3.8) is 0 Å². The lowest BCUT2D eigenvalue weighted by Crippen LogP contribution is -1.83. The van der Waals surface area contributed by atoms with E-state index in [4.69, 9.17) is 0 Å². The molecule has 0 heterocycles. The van der Waals surface area contributed by atoms with Crippen molar-refractivity contribution in [2.24, 2.45) is 0 Å². The molecule has 1 heteroatoms. The Labute approximate surface area is 134 Å². The van der Waals surface area contributed by atoms with Gasteiger partial charge in [-0.3, -0.25) is 0 Å². The second-order valence-electron chi connectivity index (χ2n) is 5.46. The van der Waals surface area contributed by atoms with Crippen LogP contribution in [0.3, 0.4) is 0 Å². The Morgan fingerprint density at radius 1 is 0.565 bits per heavy atom. The summed E-state index contributed by atoms with van der Waals surface area (Å²) < 4.78 is 0. The molecule has 4 aromatic carbocycles. The molecule has 23 heavy (non-hydrogen) atoms. The number of phenols is 1. The van der Waals surface area contributed by atoms with E-state index in [1.807, 2.05) is 54.6 Å². The number of aromatic hydroxyl groups is 1. The molecule has 0 atom stereocenters. The second kappa shape index (κ2) is 5.51. The minimum absolute atomic E-state index is 0.219. The van der Waals surface area contributed by atoms with E-state index >= 15 is 0 Å². The monoisotopic (exact) mass is 294 g/mol. The van der Waals surface area contributed by atoms with Crippen LogP contribution in [0.4, 0.5) is 0 Å². The Kier molecular flexibility index (Phi) is 3.22. The number of hydrogen-bond acceptors (Lipinski definition) is 1. The highest BCUT2D eigenvalue weighted by Gasteiger charge is 2.04. The molecule has 0 aromatic heterocycles. The summed E-state index contributed by atoms with van der Waals surface area (Å²) in [5, 5.41) is 14.5. The maximum absolute atomic E-state index is 10.2. The zero-order chi connectivity index (χ0) is 15.6. The highest BCUT2D eigenvalue weighted by atomic mass is 16.3. The summed E-state index contributed by atoms with van der Waals surface area (Å²) in [4.78, 5) is 0. The Bertz CT molecular complexity index is 1080. The van der Waals surface area contributed by atoms with Crippen LogP contribution in [0.25, 0.3) is 21.5 Å². The molecule has 0 amide bonds. The van der Waals surface area contributed by atoms with E-state index in [2.05, 4.69) is 30.0 Å². The van der Waals surface area contributed by atoms with Crippen LogP contribution >= 0.6 is 0 Å². The fourth-order valence-corrected chi connectivity index (χ4v) is 2.86. The first-order chi connectivity index (χ1) is 11.3. The van der Waals surface area contributed by atoms with Crippen molar-refractivity contribution in [3.05, 3.63) is 90.0 Å². The number of rotatable bonds is 0. The average molecular weight is 294 g/mol. The van der Waals surface area contributed by atoms with Gasteiger partial charge in [0, 0.05) is 10.9 Å². The molecule has 0 saturated heterocycles. The fraction of sp³-hybridized carbons (Fsp3) is 0. The Morgan fingerprint density at radius 3 is 2.04 bits per heavy atom. The molecule has 1 N–H and O–H groups in total. The second-order valence-corrected chi connectivity index (χ2v) is 5.46. The van der Waals surface area contributed by atoms with E-state index in [1.54, 1.807) is 6.07 Å². The van der Waals surface area contributed by atoms with Gasteiger partial charge >= 0.3 is 0 Å². The largest absolute Gasteiger partial charge is 0.507 e. The number of phenolic OH excluding ortho intramolecular Hbond substituents is 1. The Balaban J connectivity index is 1.92. The van der Waals surface area contributed by atoms with Crippen LogP contribution in [0, 0.1) is 11.8 Å². The normalized spacial score (nSPS) is 10.4. The maximum Gasteiger partial charge on any atom is 0.131 e. The van der Waals surface area contributed by atoms with Crippen LogP contribution < -0.4 is 0 Å². The molecule has 0 radical (unpaired) electrons. The molecular formula is C22H14O. The van der Waals surface area contributed by atoms with Crippen molar-refractivity contribution in [2.75, 3.05) is 0 Å². The van der Waals surface area contributed by atoms with Crippen molar-refractivity contribution < 1.29 is 5.11 Å². The Morgan fingerprint density at radius 2 is 1.22 bits per heavy atom. The summed E-state index contributed by atoms with van der Waals surface area (Å²) >= 11 is 0. The highest BCUT2D eigenvalue weighted by molar-refractivity contribution is 5.92. The van der Waals surface area contributed by atoms with Crippen molar-refractivity contribution in [3.8, 4) is 17.6 Å². The molecule has 1 nitrogen and oxygen atoms in total. The summed E-state index contributed by atoms with van der Waals surface area (Å²) in [6.45, 7) is 0. The van der Waals surface area contributed by atoms with Gasteiger partial charge in [0.2, 0.25) is 0 Å². The first-order valence-corrected chi connectivity index (χ1v) is 7.53. The summed E-state index contributed by atoms with van der Waals surface area (Å²) in [6.07, 6.45) is 0. The SMILES string of the molecule is Oc1ccc2ccccc2c1C#Cc1cccc2ccccc12.